The number of benzene rings is 3. The average Bonchev–Trinajstić information content (AvgIpc) is 2.96. The fraction of sp³-hybridized carbons (Fsp3) is 0.300. The number of nitrogens with one attached hydrogen (secondary N) is 2. The van der Waals surface area contributed by atoms with Crippen LogP contribution in [-0.4, -0.2) is 54.2 Å². The Morgan fingerprint density at radius 2 is 1.70 bits per heavy atom. The second-order valence-electron chi connectivity index (χ2n) is 9.64. The maximum absolute atomic E-state index is 13.5. The molecule has 2 heterocycles. The lowest BCUT2D eigenvalue weighted by molar-refractivity contribution is -0.146. The Morgan fingerprint density at radius 1 is 1.00 bits per heavy atom. The summed E-state index contributed by atoms with van der Waals surface area (Å²) in [5, 5.41) is 15.7. The number of carbonyl (C=O) groups excluding carboxylic acids is 3. The summed E-state index contributed by atoms with van der Waals surface area (Å²) in [5.41, 5.74) is 8.49. The average molecular weight is 548 g/mol. The largest absolute Gasteiger partial charge is 0.504 e. The van der Waals surface area contributed by atoms with Gasteiger partial charge in [-0.05, 0) is 54.3 Å². The number of hydrogen-bond acceptors (Lipinski definition) is 8. The molecule has 1 unspecified atom stereocenters. The second kappa shape index (κ2) is 13.1. The van der Waals surface area contributed by atoms with E-state index in [4.69, 9.17) is 19.9 Å². The van der Waals surface area contributed by atoms with Crippen molar-refractivity contribution in [3.63, 3.8) is 0 Å². The number of nitrogens with two attached hydrogens (primary N) is 1. The number of methoxy groups -OCH3 is 1. The van der Waals surface area contributed by atoms with E-state index in [9.17, 15) is 19.5 Å². The van der Waals surface area contributed by atoms with E-state index in [-0.39, 0.29) is 30.9 Å². The van der Waals surface area contributed by atoms with Crippen LogP contribution in [0.3, 0.4) is 0 Å². The molecule has 40 heavy (non-hydrogen) atoms. The predicted octanol–water partition coefficient (Wildman–Crippen LogP) is 2.36. The highest BCUT2D eigenvalue weighted by Gasteiger charge is 2.33. The van der Waals surface area contributed by atoms with Crippen LogP contribution in [0.5, 0.6) is 17.2 Å². The summed E-state index contributed by atoms with van der Waals surface area (Å²) in [6.45, 7) is 1.87. The molecule has 0 aromatic heterocycles. The van der Waals surface area contributed by atoms with Crippen molar-refractivity contribution in [3.05, 3.63) is 89.5 Å². The van der Waals surface area contributed by atoms with Crippen LogP contribution < -0.4 is 21.1 Å². The molecule has 2 aliphatic rings. The topological polar surface area (TPSA) is 149 Å². The van der Waals surface area contributed by atoms with Crippen molar-refractivity contribution in [2.75, 3.05) is 7.11 Å². The Balaban J connectivity index is 1.65. The van der Waals surface area contributed by atoms with Gasteiger partial charge in [-0.15, -0.1) is 0 Å². The number of fused-ring (bicyclic) bond motifs is 10. The number of ether oxygens (including phenoxy) is 3. The van der Waals surface area contributed by atoms with E-state index < -0.39 is 42.0 Å². The molecule has 3 aromatic carbocycles. The molecule has 210 valence electrons. The van der Waals surface area contributed by atoms with Crippen molar-refractivity contribution in [1.82, 2.24) is 10.6 Å². The highest BCUT2D eigenvalue weighted by Crippen LogP contribution is 2.32. The first-order chi connectivity index (χ1) is 19.2. The summed E-state index contributed by atoms with van der Waals surface area (Å²) < 4.78 is 16.7. The minimum absolute atomic E-state index is 0.0752. The summed E-state index contributed by atoms with van der Waals surface area (Å²) >= 11 is 0. The summed E-state index contributed by atoms with van der Waals surface area (Å²) in [7, 11) is 1.23. The number of phenolic OH excluding ortho intramolecular Hbond substituents is 1. The van der Waals surface area contributed by atoms with Gasteiger partial charge < -0.3 is 35.7 Å². The number of hydrogen-bond donors (Lipinski definition) is 4. The third-order valence-electron chi connectivity index (χ3n) is 6.62. The van der Waals surface area contributed by atoms with E-state index >= 15 is 0 Å². The lowest BCUT2D eigenvalue weighted by Crippen LogP contribution is -2.59. The quantitative estimate of drug-likeness (QED) is 0.356. The van der Waals surface area contributed by atoms with Crippen molar-refractivity contribution < 1.29 is 33.7 Å². The Hall–Kier alpha value is -4.41. The van der Waals surface area contributed by atoms with Crippen LogP contribution in [0.4, 0.5) is 0 Å². The predicted molar refractivity (Wildman–Crippen MR) is 147 cm³/mol. The first kappa shape index (κ1) is 28.6. The fourth-order valence-electron chi connectivity index (χ4n) is 4.32. The standard InChI is InChI=1S/C30H33N3O7/c1-18(39-17-20-6-4-3-5-7-20)27-29(36)32-24(30(37)38-2)15-19-8-11-22(12-9-19)40-26-16-21(10-13-25(26)34)14-23(31)28(35)33-27/h3-13,16,18,23-24,27,34H,14-15,17,31H2,1-2H3,(H,32,36)(H,33,35)/t18-,23+,24+,27?/m1/s1. The second-order valence-corrected chi connectivity index (χ2v) is 9.64. The maximum Gasteiger partial charge on any atom is 0.328 e. The van der Waals surface area contributed by atoms with E-state index in [2.05, 4.69) is 10.6 Å². The Labute approximate surface area is 232 Å². The molecule has 5 rings (SSSR count). The molecule has 4 bridgehead atoms. The van der Waals surface area contributed by atoms with Gasteiger partial charge in [0.25, 0.3) is 0 Å². The summed E-state index contributed by atoms with van der Waals surface area (Å²) in [6, 6.07) is 17.8. The molecule has 5 N–H and O–H groups in total. The lowest BCUT2D eigenvalue weighted by Gasteiger charge is -2.27. The highest BCUT2D eigenvalue weighted by molar-refractivity contribution is 5.92. The van der Waals surface area contributed by atoms with Crippen molar-refractivity contribution >= 4 is 17.8 Å². The zero-order chi connectivity index (χ0) is 28.6. The zero-order valence-corrected chi connectivity index (χ0v) is 22.3. The van der Waals surface area contributed by atoms with Gasteiger partial charge in [-0.1, -0.05) is 48.5 Å². The van der Waals surface area contributed by atoms with Crippen LogP contribution in [0.25, 0.3) is 0 Å². The molecule has 2 aliphatic heterocycles. The van der Waals surface area contributed by atoms with Gasteiger partial charge in [0.05, 0.1) is 25.9 Å². The third-order valence-corrected chi connectivity index (χ3v) is 6.62. The van der Waals surface area contributed by atoms with E-state index in [1.807, 2.05) is 30.3 Å². The Morgan fingerprint density at radius 3 is 2.40 bits per heavy atom. The zero-order valence-electron chi connectivity index (χ0n) is 22.3. The lowest BCUT2D eigenvalue weighted by atomic mass is 10.0. The normalized spacial score (nSPS) is 20.4. The highest BCUT2D eigenvalue weighted by atomic mass is 16.5. The SMILES string of the molecule is COC(=O)[C@@H]1Cc2ccc(cc2)Oc2cc(ccc2O)C[C@H](N)C(=O)NC([C@@H](C)OCc2ccccc2)C(=O)N1. The summed E-state index contributed by atoms with van der Waals surface area (Å²) in [5.74, 6) is -1.27. The smallest absolute Gasteiger partial charge is 0.328 e. The first-order valence-corrected chi connectivity index (χ1v) is 12.9. The van der Waals surface area contributed by atoms with Gasteiger partial charge in [0, 0.05) is 6.42 Å². The molecule has 0 saturated heterocycles. The summed E-state index contributed by atoms with van der Waals surface area (Å²) in [6.07, 6.45) is -0.539. The van der Waals surface area contributed by atoms with Crippen molar-refractivity contribution in [2.45, 2.75) is 50.6 Å². The Kier molecular flexibility index (Phi) is 9.36. The minimum Gasteiger partial charge on any atom is -0.504 e. The fourth-order valence-corrected chi connectivity index (χ4v) is 4.32. The van der Waals surface area contributed by atoms with Gasteiger partial charge in [0.15, 0.2) is 11.5 Å². The molecule has 10 nitrogen and oxygen atoms in total. The van der Waals surface area contributed by atoms with Crippen molar-refractivity contribution in [3.8, 4) is 17.2 Å². The van der Waals surface area contributed by atoms with E-state index in [1.165, 1.54) is 13.2 Å². The van der Waals surface area contributed by atoms with Crippen molar-refractivity contribution in [2.24, 2.45) is 5.73 Å². The number of phenols is 1. The Bertz CT molecular complexity index is 1330. The first-order valence-electron chi connectivity index (χ1n) is 12.9. The molecule has 0 spiro atoms. The number of esters is 1. The summed E-state index contributed by atoms with van der Waals surface area (Å²) in [4.78, 5) is 39.3. The molecule has 3 aromatic rings. The van der Waals surface area contributed by atoms with Crippen LogP contribution in [0, 0.1) is 0 Å². The molecule has 2 amide bonds. The molecule has 0 aliphatic carbocycles. The van der Waals surface area contributed by atoms with Gasteiger partial charge in [-0.3, -0.25) is 9.59 Å². The molecule has 0 radical (unpaired) electrons. The van der Waals surface area contributed by atoms with Gasteiger partial charge in [-0.2, -0.15) is 0 Å². The molecule has 0 fully saturated rings. The van der Waals surface area contributed by atoms with Crippen LogP contribution in [0.1, 0.15) is 23.6 Å². The monoisotopic (exact) mass is 547 g/mol. The molecule has 10 heteroatoms. The van der Waals surface area contributed by atoms with E-state index in [0.29, 0.717) is 11.3 Å². The number of amides is 2. The van der Waals surface area contributed by atoms with E-state index in [0.717, 1.165) is 11.1 Å². The van der Waals surface area contributed by atoms with Crippen LogP contribution in [-0.2, 0) is 43.3 Å². The third kappa shape index (κ3) is 7.37. The van der Waals surface area contributed by atoms with E-state index in [1.54, 1.807) is 43.3 Å². The number of carbonyl (C=O) groups is 3. The number of rotatable bonds is 5. The maximum atomic E-state index is 13.5. The van der Waals surface area contributed by atoms with Crippen LogP contribution in [0.2, 0.25) is 0 Å². The van der Waals surface area contributed by atoms with Gasteiger partial charge in [0.1, 0.15) is 17.8 Å². The van der Waals surface area contributed by atoms with Crippen LogP contribution in [0.15, 0.2) is 72.8 Å². The van der Waals surface area contributed by atoms with Crippen LogP contribution >= 0.6 is 0 Å². The molecule has 0 saturated carbocycles. The minimum atomic E-state index is -1.16. The molecular weight excluding hydrogens is 514 g/mol. The van der Waals surface area contributed by atoms with Gasteiger partial charge in [-0.25, -0.2) is 4.79 Å². The number of aromatic hydroxyl groups is 1. The van der Waals surface area contributed by atoms with Gasteiger partial charge in [0.2, 0.25) is 11.8 Å². The molecule has 4 atom stereocenters. The van der Waals surface area contributed by atoms with Gasteiger partial charge >= 0.3 is 5.97 Å². The van der Waals surface area contributed by atoms with Crippen molar-refractivity contribution in [1.29, 1.82) is 0 Å². The molecular formula is C30H33N3O7.